The van der Waals surface area contributed by atoms with Gasteiger partial charge in [0.25, 0.3) is 0 Å². The molecule has 1 N–H and O–H groups in total. The molecule has 2 aromatic heterocycles. The van der Waals surface area contributed by atoms with Crippen LogP contribution in [0.4, 0.5) is 10.6 Å². The summed E-state index contributed by atoms with van der Waals surface area (Å²) < 4.78 is 7.22. The van der Waals surface area contributed by atoms with Crippen molar-refractivity contribution in [2.45, 2.75) is 44.6 Å². The Hall–Kier alpha value is -2.38. The molecule has 2 amide bonds. The van der Waals surface area contributed by atoms with Gasteiger partial charge in [0.15, 0.2) is 5.82 Å². The van der Waals surface area contributed by atoms with Crippen molar-refractivity contribution in [3.63, 3.8) is 0 Å². The van der Waals surface area contributed by atoms with Crippen molar-refractivity contribution in [3.8, 4) is 0 Å². The predicted molar refractivity (Wildman–Crippen MR) is 82.0 cm³/mol. The lowest BCUT2D eigenvalue weighted by atomic mass is 9.98. The van der Waals surface area contributed by atoms with Crippen LogP contribution in [0.2, 0.25) is 0 Å². The number of rotatable bonds is 2. The van der Waals surface area contributed by atoms with E-state index in [-0.39, 0.29) is 6.03 Å². The molecule has 1 aliphatic carbocycles. The molecule has 0 aromatic carbocycles. The minimum absolute atomic E-state index is 0.0938. The normalized spacial score (nSPS) is 18.7. The van der Waals surface area contributed by atoms with Crippen LogP contribution in [0.1, 0.15) is 43.0 Å². The third-order valence-corrected chi connectivity index (χ3v) is 4.74. The molecule has 1 fully saturated rings. The average molecular weight is 316 g/mol. The summed E-state index contributed by atoms with van der Waals surface area (Å²) in [6.45, 7) is 1.41. The van der Waals surface area contributed by atoms with Gasteiger partial charge in [-0.3, -0.25) is 5.32 Å². The highest BCUT2D eigenvalue weighted by molar-refractivity contribution is 5.89. The number of hydrogen-bond donors (Lipinski definition) is 1. The Morgan fingerprint density at radius 1 is 1.26 bits per heavy atom. The van der Waals surface area contributed by atoms with E-state index in [4.69, 9.17) is 4.52 Å². The van der Waals surface area contributed by atoms with E-state index in [1.165, 1.54) is 0 Å². The lowest BCUT2D eigenvalue weighted by Crippen LogP contribution is -2.41. The number of urea groups is 1. The van der Waals surface area contributed by atoms with Gasteiger partial charge >= 0.3 is 6.03 Å². The van der Waals surface area contributed by atoms with Gasteiger partial charge in [-0.15, -0.1) is 0 Å². The van der Waals surface area contributed by atoms with E-state index in [1.807, 2.05) is 9.58 Å². The first kappa shape index (κ1) is 14.2. The van der Waals surface area contributed by atoms with E-state index in [0.29, 0.717) is 24.9 Å². The minimum Gasteiger partial charge on any atom is -0.359 e. The number of aromatic nitrogens is 4. The number of carbonyl (C=O) groups is 1. The van der Waals surface area contributed by atoms with Crippen LogP contribution >= 0.6 is 0 Å². The number of nitrogens with one attached hydrogen (secondary N) is 1. The van der Waals surface area contributed by atoms with Gasteiger partial charge in [-0.1, -0.05) is 5.16 Å². The second-order valence-electron chi connectivity index (χ2n) is 6.16. The average Bonchev–Trinajstić information content (AvgIpc) is 3.25. The molecule has 3 heterocycles. The Bertz CT molecular complexity index is 672. The van der Waals surface area contributed by atoms with Crippen molar-refractivity contribution in [2.24, 2.45) is 0 Å². The van der Waals surface area contributed by atoms with Crippen LogP contribution in [0, 0.1) is 0 Å². The number of amides is 2. The van der Waals surface area contributed by atoms with Crippen molar-refractivity contribution in [3.05, 3.63) is 24.0 Å². The molecule has 1 aliphatic heterocycles. The van der Waals surface area contributed by atoms with Crippen LogP contribution in [0.3, 0.4) is 0 Å². The molecule has 0 saturated carbocycles. The molecule has 0 unspecified atom stereocenters. The van der Waals surface area contributed by atoms with E-state index in [1.54, 1.807) is 12.7 Å². The number of piperidine rings is 1. The van der Waals surface area contributed by atoms with Gasteiger partial charge in [0.2, 0.25) is 0 Å². The molecule has 0 spiro atoms. The van der Waals surface area contributed by atoms with E-state index in [2.05, 4.69) is 20.6 Å². The Morgan fingerprint density at radius 3 is 2.87 bits per heavy atom. The molecule has 1 saturated heterocycles. The first-order valence-electron chi connectivity index (χ1n) is 8.19. The fourth-order valence-electron chi connectivity index (χ4n) is 3.40. The van der Waals surface area contributed by atoms with Crippen LogP contribution in [0.25, 0.3) is 0 Å². The number of likely N-dealkylation sites (tertiary alicyclic amines) is 1. The van der Waals surface area contributed by atoms with Crippen molar-refractivity contribution in [1.82, 2.24) is 24.8 Å². The molecule has 0 bridgehead atoms. The molecule has 23 heavy (non-hydrogen) atoms. The summed E-state index contributed by atoms with van der Waals surface area (Å²) in [5, 5.41) is 11.1. The molecule has 2 aliphatic rings. The van der Waals surface area contributed by atoms with Crippen LogP contribution in [0.15, 0.2) is 17.2 Å². The van der Waals surface area contributed by atoms with Gasteiger partial charge in [-0.05, 0) is 32.1 Å². The summed E-state index contributed by atoms with van der Waals surface area (Å²) in [5.41, 5.74) is 1.07. The number of hydrogen-bond acceptors (Lipinski definition) is 5. The van der Waals surface area contributed by atoms with Crippen LogP contribution in [-0.2, 0) is 12.8 Å². The zero-order valence-corrected chi connectivity index (χ0v) is 12.9. The number of nitrogens with zero attached hydrogens (tertiary/aromatic N) is 5. The van der Waals surface area contributed by atoms with E-state index >= 15 is 0 Å². The van der Waals surface area contributed by atoms with E-state index in [0.717, 1.165) is 49.8 Å². The third-order valence-electron chi connectivity index (χ3n) is 4.74. The molecule has 0 atom stereocenters. The van der Waals surface area contributed by atoms with Gasteiger partial charge in [0, 0.05) is 25.1 Å². The van der Waals surface area contributed by atoms with Crippen molar-refractivity contribution in [1.29, 1.82) is 0 Å². The summed E-state index contributed by atoms with van der Waals surface area (Å²) in [7, 11) is 0. The first-order valence-corrected chi connectivity index (χ1v) is 8.19. The maximum absolute atomic E-state index is 12.4. The lowest BCUT2D eigenvalue weighted by molar-refractivity contribution is 0.180. The number of aryl methyl sites for hydroxylation is 1. The number of fused-ring (bicyclic) bond motifs is 1. The maximum atomic E-state index is 12.4. The van der Waals surface area contributed by atoms with Crippen LogP contribution < -0.4 is 5.32 Å². The largest absolute Gasteiger partial charge is 0.359 e. The molecule has 8 heteroatoms. The van der Waals surface area contributed by atoms with Gasteiger partial charge in [-0.2, -0.15) is 5.10 Å². The predicted octanol–water partition coefficient (Wildman–Crippen LogP) is 2.01. The summed E-state index contributed by atoms with van der Waals surface area (Å²) in [6.07, 6.45) is 9.16. The van der Waals surface area contributed by atoms with Crippen molar-refractivity contribution < 1.29 is 9.32 Å². The topological polar surface area (TPSA) is 89.1 Å². The standard InChI is InChI=1S/C15H20N6O2/c22-15(18-14-12-3-1-2-4-13(12)23-19-14)20-7-5-11(6-8-20)21-10-16-9-17-21/h9-11H,1-8H2,(H,18,19,22). The highest BCUT2D eigenvalue weighted by Crippen LogP contribution is 2.28. The minimum atomic E-state index is -0.0938. The summed E-state index contributed by atoms with van der Waals surface area (Å²) in [5.74, 6) is 1.53. The highest BCUT2D eigenvalue weighted by atomic mass is 16.5. The lowest BCUT2D eigenvalue weighted by Gasteiger charge is -2.31. The summed E-state index contributed by atoms with van der Waals surface area (Å²) >= 11 is 0. The number of anilines is 1. The first-order chi connectivity index (χ1) is 11.3. The summed E-state index contributed by atoms with van der Waals surface area (Å²) in [6, 6.07) is 0.227. The monoisotopic (exact) mass is 316 g/mol. The molecule has 8 nitrogen and oxygen atoms in total. The van der Waals surface area contributed by atoms with Gasteiger partial charge in [-0.25, -0.2) is 14.5 Å². The molecular formula is C15H20N6O2. The zero-order valence-electron chi connectivity index (χ0n) is 12.9. The smallest absolute Gasteiger partial charge is 0.323 e. The maximum Gasteiger partial charge on any atom is 0.323 e. The fraction of sp³-hybridized carbons (Fsp3) is 0.600. The van der Waals surface area contributed by atoms with Gasteiger partial charge in [0.1, 0.15) is 18.4 Å². The zero-order chi connectivity index (χ0) is 15.6. The van der Waals surface area contributed by atoms with E-state index < -0.39 is 0 Å². The van der Waals surface area contributed by atoms with E-state index in [9.17, 15) is 4.79 Å². The number of carbonyl (C=O) groups excluding carboxylic acids is 1. The molecule has 4 rings (SSSR count). The molecular weight excluding hydrogens is 296 g/mol. The van der Waals surface area contributed by atoms with Gasteiger partial charge in [0.05, 0.1) is 6.04 Å². The second kappa shape index (κ2) is 6.02. The fourth-order valence-corrected chi connectivity index (χ4v) is 3.40. The van der Waals surface area contributed by atoms with Gasteiger partial charge < -0.3 is 9.42 Å². The molecule has 122 valence electrons. The quantitative estimate of drug-likeness (QED) is 0.915. The SMILES string of the molecule is O=C(Nc1noc2c1CCCC2)N1CCC(n2cncn2)CC1. The Balaban J connectivity index is 1.36. The van der Waals surface area contributed by atoms with Crippen molar-refractivity contribution >= 4 is 11.8 Å². The van der Waals surface area contributed by atoms with Crippen LogP contribution in [-0.4, -0.2) is 43.9 Å². The Kier molecular flexibility index (Phi) is 3.72. The Labute approximate surface area is 133 Å². The van der Waals surface area contributed by atoms with Crippen molar-refractivity contribution in [2.75, 3.05) is 18.4 Å². The third kappa shape index (κ3) is 2.80. The Morgan fingerprint density at radius 2 is 2.09 bits per heavy atom. The molecule has 2 aromatic rings. The highest BCUT2D eigenvalue weighted by Gasteiger charge is 2.26. The second-order valence-corrected chi connectivity index (χ2v) is 6.16. The summed E-state index contributed by atoms with van der Waals surface area (Å²) in [4.78, 5) is 18.3. The van der Waals surface area contributed by atoms with Crippen LogP contribution in [0.5, 0.6) is 0 Å². The molecule has 0 radical (unpaired) electrons.